The number of ether oxygens (including phenoxy) is 1. The van der Waals surface area contributed by atoms with Crippen molar-refractivity contribution in [3.63, 3.8) is 0 Å². The number of methoxy groups -OCH3 is 1. The van der Waals surface area contributed by atoms with Crippen LogP contribution in [0, 0.1) is 11.6 Å². The Kier molecular flexibility index (Phi) is 5.35. The Balaban J connectivity index is 2.78. The maximum Gasteiger partial charge on any atom is 0.159 e. The molecule has 0 spiro atoms. The number of hydrogen-bond acceptors (Lipinski definition) is 2. The standard InChI is InChI=1S/C12H17F2NO/c1-3-6-15-12(8-16-2)9-4-5-10(13)11(14)7-9/h4-5,7,12,15H,3,6,8H2,1-2H3. The minimum Gasteiger partial charge on any atom is -0.383 e. The molecule has 1 rings (SSSR count). The number of benzene rings is 1. The first-order valence-electron chi connectivity index (χ1n) is 5.36. The fourth-order valence-electron chi connectivity index (χ4n) is 1.49. The molecule has 90 valence electrons. The van der Waals surface area contributed by atoms with Gasteiger partial charge in [0.25, 0.3) is 0 Å². The van der Waals surface area contributed by atoms with E-state index in [0.29, 0.717) is 12.2 Å². The molecule has 0 aliphatic heterocycles. The van der Waals surface area contributed by atoms with Gasteiger partial charge < -0.3 is 10.1 Å². The van der Waals surface area contributed by atoms with E-state index in [9.17, 15) is 8.78 Å². The molecule has 0 aliphatic rings. The van der Waals surface area contributed by atoms with Crippen molar-refractivity contribution in [1.82, 2.24) is 5.32 Å². The molecule has 0 heterocycles. The monoisotopic (exact) mass is 229 g/mol. The van der Waals surface area contributed by atoms with Gasteiger partial charge in [0.05, 0.1) is 12.6 Å². The maximum absolute atomic E-state index is 13.1. The first-order valence-corrected chi connectivity index (χ1v) is 5.36. The third kappa shape index (κ3) is 3.54. The Morgan fingerprint density at radius 1 is 1.31 bits per heavy atom. The lowest BCUT2D eigenvalue weighted by Crippen LogP contribution is -2.26. The van der Waals surface area contributed by atoms with E-state index < -0.39 is 11.6 Å². The summed E-state index contributed by atoms with van der Waals surface area (Å²) in [5, 5.41) is 3.22. The summed E-state index contributed by atoms with van der Waals surface area (Å²) in [5.41, 5.74) is 0.703. The molecule has 0 saturated heterocycles. The van der Waals surface area contributed by atoms with Gasteiger partial charge >= 0.3 is 0 Å². The van der Waals surface area contributed by atoms with E-state index in [4.69, 9.17) is 4.74 Å². The zero-order chi connectivity index (χ0) is 12.0. The van der Waals surface area contributed by atoms with Crippen LogP contribution in [0.4, 0.5) is 8.78 Å². The predicted molar refractivity (Wildman–Crippen MR) is 59.3 cm³/mol. The van der Waals surface area contributed by atoms with E-state index in [0.717, 1.165) is 19.0 Å². The molecule has 0 bridgehead atoms. The molecule has 0 amide bonds. The zero-order valence-corrected chi connectivity index (χ0v) is 9.59. The van der Waals surface area contributed by atoms with Crippen molar-refractivity contribution in [3.8, 4) is 0 Å². The number of halogens is 2. The van der Waals surface area contributed by atoms with Crippen LogP contribution in [0.5, 0.6) is 0 Å². The molecule has 1 aromatic rings. The number of rotatable bonds is 6. The molecule has 1 atom stereocenters. The highest BCUT2D eigenvalue weighted by molar-refractivity contribution is 5.21. The summed E-state index contributed by atoms with van der Waals surface area (Å²) in [6.07, 6.45) is 0.976. The van der Waals surface area contributed by atoms with Crippen molar-refractivity contribution < 1.29 is 13.5 Å². The highest BCUT2D eigenvalue weighted by Gasteiger charge is 2.12. The quantitative estimate of drug-likeness (QED) is 0.809. The highest BCUT2D eigenvalue weighted by Crippen LogP contribution is 2.16. The SMILES string of the molecule is CCCNC(COC)c1ccc(F)c(F)c1. The highest BCUT2D eigenvalue weighted by atomic mass is 19.2. The van der Waals surface area contributed by atoms with E-state index >= 15 is 0 Å². The van der Waals surface area contributed by atoms with Crippen LogP contribution >= 0.6 is 0 Å². The van der Waals surface area contributed by atoms with Crippen molar-refractivity contribution in [3.05, 3.63) is 35.4 Å². The normalized spacial score (nSPS) is 12.8. The van der Waals surface area contributed by atoms with E-state index in [2.05, 4.69) is 5.32 Å². The van der Waals surface area contributed by atoms with Crippen molar-refractivity contribution in [2.75, 3.05) is 20.3 Å². The van der Waals surface area contributed by atoms with Crippen molar-refractivity contribution in [2.24, 2.45) is 0 Å². The molecule has 0 aliphatic carbocycles. The van der Waals surface area contributed by atoms with Crippen LogP contribution in [0.15, 0.2) is 18.2 Å². The molecule has 1 unspecified atom stereocenters. The summed E-state index contributed by atoms with van der Waals surface area (Å²) >= 11 is 0. The third-order valence-corrected chi connectivity index (χ3v) is 2.32. The molecular formula is C12H17F2NO. The third-order valence-electron chi connectivity index (χ3n) is 2.32. The number of hydrogen-bond donors (Lipinski definition) is 1. The van der Waals surface area contributed by atoms with Gasteiger partial charge in [-0.2, -0.15) is 0 Å². The minimum absolute atomic E-state index is 0.0972. The predicted octanol–water partition coefficient (Wildman–Crippen LogP) is 2.65. The Bertz CT molecular complexity index is 331. The van der Waals surface area contributed by atoms with Gasteiger partial charge in [-0.05, 0) is 30.7 Å². The van der Waals surface area contributed by atoms with Crippen LogP contribution in [0.3, 0.4) is 0 Å². The van der Waals surface area contributed by atoms with Crippen LogP contribution in [0.2, 0.25) is 0 Å². The molecule has 4 heteroatoms. The zero-order valence-electron chi connectivity index (χ0n) is 9.59. The van der Waals surface area contributed by atoms with Crippen molar-refractivity contribution in [2.45, 2.75) is 19.4 Å². The Labute approximate surface area is 94.6 Å². The summed E-state index contributed by atoms with van der Waals surface area (Å²) in [5.74, 6) is -1.65. The molecule has 0 radical (unpaired) electrons. The smallest absolute Gasteiger partial charge is 0.159 e. The minimum atomic E-state index is -0.824. The molecule has 16 heavy (non-hydrogen) atoms. The van der Waals surface area contributed by atoms with Gasteiger partial charge in [0.1, 0.15) is 0 Å². The molecule has 0 saturated carbocycles. The number of nitrogens with one attached hydrogen (secondary N) is 1. The largest absolute Gasteiger partial charge is 0.383 e. The molecule has 2 nitrogen and oxygen atoms in total. The molecular weight excluding hydrogens is 212 g/mol. The summed E-state index contributed by atoms with van der Waals surface area (Å²) in [4.78, 5) is 0. The van der Waals surface area contributed by atoms with Crippen LogP contribution in [-0.2, 0) is 4.74 Å². The van der Waals surface area contributed by atoms with Crippen molar-refractivity contribution >= 4 is 0 Å². The molecule has 1 aromatic carbocycles. The summed E-state index contributed by atoms with van der Waals surface area (Å²) in [7, 11) is 1.58. The first-order chi connectivity index (χ1) is 7.69. The van der Waals surface area contributed by atoms with E-state index in [1.807, 2.05) is 6.92 Å². The van der Waals surface area contributed by atoms with E-state index in [1.54, 1.807) is 13.2 Å². The van der Waals surface area contributed by atoms with Gasteiger partial charge in [0.2, 0.25) is 0 Å². The Morgan fingerprint density at radius 2 is 2.06 bits per heavy atom. The lowest BCUT2D eigenvalue weighted by molar-refractivity contribution is 0.167. The lowest BCUT2D eigenvalue weighted by Gasteiger charge is -2.18. The van der Waals surface area contributed by atoms with Gasteiger partial charge in [-0.25, -0.2) is 8.78 Å². The first kappa shape index (κ1) is 13.1. The van der Waals surface area contributed by atoms with Crippen LogP contribution in [0.25, 0.3) is 0 Å². The summed E-state index contributed by atoms with van der Waals surface area (Å²) in [6, 6.07) is 3.83. The molecule has 0 aromatic heterocycles. The van der Waals surface area contributed by atoms with Gasteiger partial charge in [-0.1, -0.05) is 13.0 Å². The van der Waals surface area contributed by atoms with Crippen LogP contribution < -0.4 is 5.32 Å². The van der Waals surface area contributed by atoms with E-state index in [1.165, 1.54) is 6.07 Å². The fourth-order valence-corrected chi connectivity index (χ4v) is 1.49. The lowest BCUT2D eigenvalue weighted by atomic mass is 10.1. The topological polar surface area (TPSA) is 21.3 Å². The van der Waals surface area contributed by atoms with Gasteiger partial charge in [-0.15, -0.1) is 0 Å². The Hall–Kier alpha value is -1.00. The molecule has 1 N–H and O–H groups in total. The van der Waals surface area contributed by atoms with Gasteiger partial charge in [0.15, 0.2) is 11.6 Å². The van der Waals surface area contributed by atoms with Gasteiger partial charge in [-0.3, -0.25) is 0 Å². The van der Waals surface area contributed by atoms with E-state index in [-0.39, 0.29) is 6.04 Å². The van der Waals surface area contributed by atoms with Crippen molar-refractivity contribution in [1.29, 1.82) is 0 Å². The second-order valence-corrected chi connectivity index (χ2v) is 3.64. The second-order valence-electron chi connectivity index (χ2n) is 3.64. The molecule has 0 fully saturated rings. The van der Waals surface area contributed by atoms with Crippen LogP contribution in [-0.4, -0.2) is 20.3 Å². The van der Waals surface area contributed by atoms with Gasteiger partial charge in [0, 0.05) is 7.11 Å². The summed E-state index contributed by atoms with van der Waals surface area (Å²) in [6.45, 7) is 3.29. The summed E-state index contributed by atoms with van der Waals surface area (Å²) < 4.78 is 30.9. The van der Waals surface area contributed by atoms with Crippen LogP contribution in [0.1, 0.15) is 24.9 Å². The average molecular weight is 229 g/mol. The second kappa shape index (κ2) is 6.55. The maximum atomic E-state index is 13.1. The Morgan fingerprint density at radius 3 is 2.62 bits per heavy atom. The fraction of sp³-hybridized carbons (Fsp3) is 0.500. The average Bonchev–Trinajstić information content (AvgIpc) is 2.28.